The number of rotatable bonds is 6. The molecule has 1 atom stereocenters. The Hall–Kier alpha value is 0.550. The van der Waals surface area contributed by atoms with Crippen molar-refractivity contribution in [1.82, 2.24) is 7.88 Å². The van der Waals surface area contributed by atoms with Gasteiger partial charge in [-0.15, -0.1) is 7.88 Å². The van der Waals surface area contributed by atoms with Gasteiger partial charge in [-0.1, -0.05) is 0 Å². The molecule has 4 nitrogen and oxygen atoms in total. The van der Waals surface area contributed by atoms with E-state index in [9.17, 15) is 4.79 Å². The van der Waals surface area contributed by atoms with Gasteiger partial charge in [-0.2, -0.15) is 0 Å². The smallest absolute Gasteiger partial charge is 0.323 e. The Kier molecular flexibility index (Phi) is 7.22. The molecule has 0 unspecified atom stereocenters. The summed E-state index contributed by atoms with van der Waals surface area (Å²) in [6.07, 6.45) is 0.762. The molecule has 8 heteroatoms. The van der Waals surface area contributed by atoms with Crippen LogP contribution in [-0.2, 0) is 4.79 Å². The van der Waals surface area contributed by atoms with Crippen molar-refractivity contribution < 1.29 is 9.90 Å². The maximum Gasteiger partial charge on any atom is 0.323 e. The molecule has 0 aromatic rings. The molecular formula is C5H8Cl4N2O2. The lowest BCUT2D eigenvalue weighted by Crippen LogP contribution is -2.29. The summed E-state index contributed by atoms with van der Waals surface area (Å²) in [6.45, 7) is 0.356. The summed E-state index contributed by atoms with van der Waals surface area (Å²) in [5.41, 5.74) is 0. The zero-order valence-electron chi connectivity index (χ0n) is 6.46. The molecule has 0 saturated heterocycles. The van der Waals surface area contributed by atoms with Crippen LogP contribution in [-0.4, -0.2) is 31.5 Å². The summed E-state index contributed by atoms with van der Waals surface area (Å²) in [7, 11) is 0. The summed E-state index contributed by atoms with van der Waals surface area (Å²) in [6, 6.07) is -0.934. The fourth-order valence-corrected chi connectivity index (χ4v) is 1.31. The Balaban J connectivity index is 3.77. The van der Waals surface area contributed by atoms with E-state index in [-0.39, 0.29) is 6.42 Å². The average molecular weight is 270 g/mol. The molecule has 0 heterocycles. The summed E-state index contributed by atoms with van der Waals surface area (Å²) >= 11 is 21.2. The first-order valence-electron chi connectivity index (χ1n) is 3.38. The minimum absolute atomic E-state index is 0.276. The Bertz CT molecular complexity index is 167. The van der Waals surface area contributed by atoms with Crippen LogP contribution in [0.25, 0.3) is 0 Å². The van der Waals surface area contributed by atoms with Gasteiger partial charge in [0.15, 0.2) is 0 Å². The van der Waals surface area contributed by atoms with Gasteiger partial charge in [0.25, 0.3) is 0 Å². The average Bonchev–Trinajstić information content (AvgIpc) is 1.95. The summed E-state index contributed by atoms with van der Waals surface area (Å²) in [5, 5.41) is 8.62. The molecule has 1 N–H and O–H groups in total. The number of hydrogen-bond donors (Lipinski definition) is 1. The van der Waals surface area contributed by atoms with Crippen LogP contribution in [0.2, 0.25) is 0 Å². The highest BCUT2D eigenvalue weighted by atomic mass is 35.5. The number of hydrogen-bond acceptors (Lipinski definition) is 3. The van der Waals surface area contributed by atoms with Crippen molar-refractivity contribution in [2.75, 3.05) is 6.54 Å². The maximum atomic E-state index is 10.5. The van der Waals surface area contributed by atoms with E-state index in [2.05, 4.69) is 0 Å². The van der Waals surface area contributed by atoms with Crippen molar-refractivity contribution in [3.8, 4) is 0 Å². The van der Waals surface area contributed by atoms with Crippen LogP contribution in [0, 0.1) is 0 Å². The van der Waals surface area contributed by atoms with Gasteiger partial charge in [-0.3, -0.25) is 4.79 Å². The van der Waals surface area contributed by atoms with Crippen LogP contribution in [0.5, 0.6) is 0 Å². The molecule has 13 heavy (non-hydrogen) atoms. The van der Waals surface area contributed by atoms with Crippen molar-refractivity contribution in [3.05, 3.63) is 0 Å². The molecular weight excluding hydrogens is 262 g/mol. The van der Waals surface area contributed by atoms with Gasteiger partial charge in [-0.05, 0) is 59.9 Å². The van der Waals surface area contributed by atoms with E-state index in [0.717, 1.165) is 3.94 Å². The van der Waals surface area contributed by atoms with Gasteiger partial charge in [0.1, 0.15) is 6.04 Å². The third-order valence-corrected chi connectivity index (χ3v) is 2.13. The van der Waals surface area contributed by atoms with E-state index in [0.29, 0.717) is 16.9 Å². The Morgan fingerprint density at radius 1 is 1.31 bits per heavy atom. The van der Waals surface area contributed by atoms with Crippen LogP contribution >= 0.6 is 47.1 Å². The van der Waals surface area contributed by atoms with Crippen molar-refractivity contribution in [1.29, 1.82) is 0 Å². The second-order valence-electron chi connectivity index (χ2n) is 2.28. The molecule has 0 radical (unpaired) electrons. The SMILES string of the molecule is O=C(O)[C@H](CCCN(Cl)Cl)N(Cl)Cl. The number of carboxylic acid groups (broad SMARTS) is 1. The minimum atomic E-state index is -1.08. The first-order chi connectivity index (χ1) is 5.95. The quantitative estimate of drug-likeness (QED) is 0.753. The van der Waals surface area contributed by atoms with E-state index >= 15 is 0 Å². The normalized spacial score (nSPS) is 13.7. The van der Waals surface area contributed by atoms with E-state index in [1.54, 1.807) is 0 Å². The summed E-state index contributed by atoms with van der Waals surface area (Å²) < 4.78 is 1.53. The molecule has 0 aliphatic carbocycles. The molecule has 0 aromatic carbocycles. The standard InChI is InChI=1S/C5H8Cl4N2O2/c6-10(7)3-1-2-4(5(12)13)11(8)9/h4H,1-3H2,(H,12,13)/t4-/m0/s1. The van der Waals surface area contributed by atoms with Crippen LogP contribution in [0.15, 0.2) is 0 Å². The molecule has 0 rings (SSSR count). The van der Waals surface area contributed by atoms with E-state index < -0.39 is 12.0 Å². The second kappa shape index (κ2) is 6.92. The zero-order valence-corrected chi connectivity index (χ0v) is 9.48. The molecule has 78 valence electrons. The topological polar surface area (TPSA) is 43.8 Å². The lowest BCUT2D eigenvalue weighted by molar-refractivity contribution is -0.140. The maximum absolute atomic E-state index is 10.5. The van der Waals surface area contributed by atoms with Crippen LogP contribution in [0.4, 0.5) is 0 Å². The molecule has 0 fully saturated rings. The Morgan fingerprint density at radius 3 is 2.15 bits per heavy atom. The van der Waals surface area contributed by atoms with Crippen LogP contribution < -0.4 is 0 Å². The summed E-state index contributed by atoms with van der Waals surface area (Å²) in [5.74, 6) is -1.08. The molecule has 0 bridgehead atoms. The predicted molar refractivity (Wildman–Crippen MR) is 52.6 cm³/mol. The molecule has 0 aliphatic heterocycles. The van der Waals surface area contributed by atoms with Crippen LogP contribution in [0.1, 0.15) is 12.8 Å². The van der Waals surface area contributed by atoms with E-state index in [1.807, 2.05) is 0 Å². The highest BCUT2D eigenvalue weighted by Gasteiger charge is 2.22. The Labute approximate surface area is 96.3 Å². The van der Waals surface area contributed by atoms with Crippen molar-refractivity contribution >= 4 is 53.1 Å². The van der Waals surface area contributed by atoms with Crippen molar-refractivity contribution in [2.24, 2.45) is 0 Å². The van der Waals surface area contributed by atoms with E-state index in [4.69, 9.17) is 52.2 Å². The number of aliphatic carboxylic acids is 1. The van der Waals surface area contributed by atoms with Gasteiger partial charge in [0.05, 0.1) is 0 Å². The van der Waals surface area contributed by atoms with Gasteiger partial charge in [0, 0.05) is 6.54 Å². The van der Waals surface area contributed by atoms with Crippen molar-refractivity contribution in [3.63, 3.8) is 0 Å². The van der Waals surface area contributed by atoms with Crippen molar-refractivity contribution in [2.45, 2.75) is 18.9 Å². The number of halogens is 4. The predicted octanol–water partition coefficient (Wildman–Crippen LogP) is 2.44. The molecule has 0 amide bonds. The first-order valence-corrected chi connectivity index (χ1v) is 4.73. The Morgan fingerprint density at radius 2 is 1.85 bits per heavy atom. The molecule has 0 spiro atoms. The minimum Gasteiger partial charge on any atom is -0.480 e. The van der Waals surface area contributed by atoms with Gasteiger partial charge < -0.3 is 5.11 Å². The van der Waals surface area contributed by atoms with E-state index in [1.165, 1.54) is 0 Å². The monoisotopic (exact) mass is 268 g/mol. The summed E-state index contributed by atoms with van der Waals surface area (Å²) in [4.78, 5) is 10.5. The highest BCUT2D eigenvalue weighted by molar-refractivity contribution is 6.35. The van der Waals surface area contributed by atoms with Crippen LogP contribution in [0.3, 0.4) is 0 Å². The number of carboxylic acids is 1. The lowest BCUT2D eigenvalue weighted by atomic mass is 10.2. The molecule has 0 aliphatic rings. The highest BCUT2D eigenvalue weighted by Crippen LogP contribution is 2.14. The molecule has 0 saturated carbocycles. The third-order valence-electron chi connectivity index (χ3n) is 1.33. The zero-order chi connectivity index (χ0) is 10.4. The van der Waals surface area contributed by atoms with Gasteiger partial charge in [0.2, 0.25) is 0 Å². The van der Waals surface area contributed by atoms with Gasteiger partial charge >= 0.3 is 5.97 Å². The largest absolute Gasteiger partial charge is 0.480 e. The fraction of sp³-hybridized carbons (Fsp3) is 0.800. The lowest BCUT2D eigenvalue weighted by Gasteiger charge is -2.14. The first kappa shape index (κ1) is 13.5. The third kappa shape index (κ3) is 6.60. The van der Waals surface area contributed by atoms with Gasteiger partial charge in [-0.25, -0.2) is 0 Å². The second-order valence-corrected chi connectivity index (χ2v) is 4.17. The molecule has 0 aromatic heterocycles. The number of nitrogens with zero attached hydrogens (tertiary/aromatic N) is 2. The fourth-order valence-electron chi connectivity index (χ4n) is 0.709. The number of carbonyl (C=O) groups is 1.